The lowest BCUT2D eigenvalue weighted by Crippen LogP contribution is -2.57. The van der Waals surface area contributed by atoms with Crippen LogP contribution in [0.5, 0.6) is 0 Å². The molecule has 1 aliphatic carbocycles. The van der Waals surface area contributed by atoms with Gasteiger partial charge in [-0.1, -0.05) is 37.8 Å². The van der Waals surface area contributed by atoms with E-state index in [0.29, 0.717) is 24.9 Å². The molecule has 1 amide bonds. The van der Waals surface area contributed by atoms with Gasteiger partial charge in [0.2, 0.25) is 5.91 Å². The summed E-state index contributed by atoms with van der Waals surface area (Å²) in [6.07, 6.45) is 11.1. The first kappa shape index (κ1) is 18.0. The zero-order valence-corrected chi connectivity index (χ0v) is 15.7. The van der Waals surface area contributed by atoms with Crippen LogP contribution in [0.2, 0.25) is 0 Å². The van der Waals surface area contributed by atoms with Crippen LogP contribution in [-0.2, 0) is 11.3 Å². The van der Waals surface area contributed by atoms with Crippen LogP contribution >= 0.6 is 0 Å². The molecular formula is C22H31FN2O. The van der Waals surface area contributed by atoms with E-state index in [1.807, 2.05) is 12.1 Å². The van der Waals surface area contributed by atoms with E-state index in [1.54, 1.807) is 0 Å². The van der Waals surface area contributed by atoms with Gasteiger partial charge in [-0.2, -0.15) is 0 Å². The van der Waals surface area contributed by atoms with E-state index in [2.05, 4.69) is 9.80 Å². The molecule has 0 spiro atoms. The standard InChI is InChI=1S/C22H31FN2O/c23-19-10-7-17(8-11-19)15-25-21-13-14-24(16-18(21)9-12-22(25)26)20-5-3-1-2-4-6-20/h7-8,10-11,18,20-21H,1-6,9,12-16H2/t18-,21+/m1/s1. The van der Waals surface area contributed by atoms with Gasteiger partial charge in [-0.05, 0) is 49.3 Å². The Hall–Kier alpha value is -1.42. The average Bonchev–Trinajstić information content (AvgIpc) is 2.95. The number of carbonyl (C=O) groups is 1. The zero-order chi connectivity index (χ0) is 17.9. The molecule has 2 saturated heterocycles. The Morgan fingerprint density at radius 2 is 1.69 bits per heavy atom. The van der Waals surface area contributed by atoms with Gasteiger partial charge in [0, 0.05) is 38.1 Å². The SMILES string of the molecule is O=C1CC[C@@H]2CN(C3CCCCCC3)CC[C@@H]2N1Cc1ccc(F)cc1. The van der Waals surface area contributed by atoms with Crippen LogP contribution < -0.4 is 0 Å². The highest BCUT2D eigenvalue weighted by molar-refractivity contribution is 5.77. The minimum atomic E-state index is -0.215. The van der Waals surface area contributed by atoms with E-state index in [4.69, 9.17) is 0 Å². The normalized spacial score (nSPS) is 28.7. The van der Waals surface area contributed by atoms with Crippen molar-refractivity contribution in [2.24, 2.45) is 5.92 Å². The first-order chi connectivity index (χ1) is 12.7. The average molecular weight is 359 g/mol. The molecule has 0 N–H and O–H groups in total. The summed E-state index contributed by atoms with van der Waals surface area (Å²) in [5.41, 5.74) is 1.03. The van der Waals surface area contributed by atoms with E-state index < -0.39 is 0 Å². The number of likely N-dealkylation sites (tertiary alicyclic amines) is 2. The molecule has 3 aliphatic rings. The second-order valence-electron chi connectivity index (χ2n) is 8.44. The van der Waals surface area contributed by atoms with Gasteiger partial charge in [-0.3, -0.25) is 9.69 Å². The van der Waals surface area contributed by atoms with Crippen LogP contribution in [0.1, 0.15) is 63.4 Å². The van der Waals surface area contributed by atoms with E-state index in [9.17, 15) is 9.18 Å². The van der Waals surface area contributed by atoms with Crippen LogP contribution in [-0.4, -0.2) is 40.9 Å². The fourth-order valence-corrected chi connectivity index (χ4v) is 5.33. The Morgan fingerprint density at radius 1 is 0.962 bits per heavy atom. The van der Waals surface area contributed by atoms with Gasteiger partial charge >= 0.3 is 0 Å². The molecule has 3 nitrogen and oxygen atoms in total. The van der Waals surface area contributed by atoms with Crippen molar-refractivity contribution in [3.63, 3.8) is 0 Å². The second-order valence-corrected chi connectivity index (χ2v) is 8.44. The summed E-state index contributed by atoms with van der Waals surface area (Å²) in [4.78, 5) is 17.4. The number of hydrogen-bond donors (Lipinski definition) is 0. The maximum Gasteiger partial charge on any atom is 0.223 e. The lowest BCUT2D eigenvalue weighted by atomic mass is 9.82. The van der Waals surface area contributed by atoms with Crippen molar-refractivity contribution < 1.29 is 9.18 Å². The summed E-state index contributed by atoms with van der Waals surface area (Å²) >= 11 is 0. The molecule has 142 valence electrons. The lowest BCUT2D eigenvalue weighted by Gasteiger charge is -2.49. The van der Waals surface area contributed by atoms with Crippen molar-refractivity contribution in [3.8, 4) is 0 Å². The summed E-state index contributed by atoms with van der Waals surface area (Å²) in [5.74, 6) is 0.664. The van der Waals surface area contributed by atoms with E-state index in [-0.39, 0.29) is 11.7 Å². The molecule has 3 fully saturated rings. The summed E-state index contributed by atoms with van der Waals surface area (Å²) in [5, 5.41) is 0. The number of hydrogen-bond acceptors (Lipinski definition) is 2. The van der Waals surface area contributed by atoms with Crippen LogP contribution in [0.4, 0.5) is 4.39 Å². The molecule has 0 aromatic heterocycles. The molecule has 1 aromatic rings. The third-order valence-corrected chi connectivity index (χ3v) is 6.78. The minimum Gasteiger partial charge on any atom is -0.335 e. The summed E-state index contributed by atoms with van der Waals surface area (Å²) < 4.78 is 13.2. The fourth-order valence-electron chi connectivity index (χ4n) is 5.33. The number of fused-ring (bicyclic) bond motifs is 1. The summed E-state index contributed by atoms with van der Waals surface area (Å²) in [6.45, 7) is 2.91. The number of benzene rings is 1. The Bertz CT molecular complexity index is 609. The largest absolute Gasteiger partial charge is 0.335 e. The number of carbonyl (C=O) groups excluding carboxylic acids is 1. The predicted octanol–water partition coefficient (Wildman–Crippen LogP) is 4.36. The van der Waals surface area contributed by atoms with Gasteiger partial charge in [0.05, 0.1) is 0 Å². The van der Waals surface area contributed by atoms with Crippen molar-refractivity contribution in [3.05, 3.63) is 35.6 Å². The monoisotopic (exact) mass is 358 g/mol. The number of amides is 1. The van der Waals surface area contributed by atoms with Crippen LogP contribution in [0.25, 0.3) is 0 Å². The van der Waals surface area contributed by atoms with Gasteiger partial charge in [0.1, 0.15) is 5.82 Å². The van der Waals surface area contributed by atoms with Gasteiger partial charge in [-0.15, -0.1) is 0 Å². The van der Waals surface area contributed by atoms with E-state index in [0.717, 1.165) is 37.5 Å². The Balaban J connectivity index is 1.42. The fraction of sp³-hybridized carbons (Fsp3) is 0.682. The highest BCUT2D eigenvalue weighted by Gasteiger charge is 2.40. The Labute approximate surface area is 156 Å². The van der Waals surface area contributed by atoms with Crippen LogP contribution in [0.3, 0.4) is 0 Å². The molecule has 0 radical (unpaired) electrons. The third kappa shape index (κ3) is 3.95. The quantitative estimate of drug-likeness (QED) is 0.750. The molecule has 0 bridgehead atoms. The first-order valence-electron chi connectivity index (χ1n) is 10.5. The van der Waals surface area contributed by atoms with Crippen molar-refractivity contribution >= 4 is 5.91 Å². The lowest BCUT2D eigenvalue weighted by molar-refractivity contribution is -0.142. The first-order valence-corrected chi connectivity index (χ1v) is 10.5. The Kier molecular flexibility index (Phi) is 5.58. The molecular weight excluding hydrogens is 327 g/mol. The molecule has 26 heavy (non-hydrogen) atoms. The summed E-state index contributed by atoms with van der Waals surface area (Å²) in [6, 6.07) is 7.75. The van der Waals surface area contributed by atoms with E-state index in [1.165, 1.54) is 50.7 Å². The molecule has 1 aromatic carbocycles. The van der Waals surface area contributed by atoms with Crippen molar-refractivity contribution in [2.75, 3.05) is 13.1 Å². The molecule has 4 rings (SSSR count). The molecule has 2 atom stereocenters. The number of piperidine rings is 2. The minimum absolute atomic E-state index is 0.215. The van der Waals surface area contributed by atoms with Gasteiger partial charge < -0.3 is 4.90 Å². The highest BCUT2D eigenvalue weighted by Crippen LogP contribution is 2.35. The van der Waals surface area contributed by atoms with Gasteiger partial charge in [0.15, 0.2) is 0 Å². The topological polar surface area (TPSA) is 23.6 Å². The van der Waals surface area contributed by atoms with Crippen LogP contribution in [0, 0.1) is 11.7 Å². The predicted molar refractivity (Wildman–Crippen MR) is 101 cm³/mol. The smallest absolute Gasteiger partial charge is 0.223 e. The number of nitrogens with zero attached hydrogens (tertiary/aromatic N) is 2. The van der Waals surface area contributed by atoms with Gasteiger partial charge in [0.25, 0.3) is 0 Å². The second kappa shape index (κ2) is 8.08. The molecule has 2 heterocycles. The molecule has 1 saturated carbocycles. The zero-order valence-electron chi connectivity index (χ0n) is 15.7. The van der Waals surface area contributed by atoms with Crippen molar-refractivity contribution in [1.82, 2.24) is 9.80 Å². The molecule has 2 aliphatic heterocycles. The van der Waals surface area contributed by atoms with Crippen molar-refractivity contribution in [2.45, 2.75) is 76.4 Å². The third-order valence-electron chi connectivity index (χ3n) is 6.78. The number of rotatable bonds is 3. The molecule has 0 unspecified atom stereocenters. The van der Waals surface area contributed by atoms with Crippen molar-refractivity contribution in [1.29, 1.82) is 0 Å². The molecule has 4 heteroatoms. The Morgan fingerprint density at radius 3 is 2.42 bits per heavy atom. The van der Waals surface area contributed by atoms with Crippen LogP contribution in [0.15, 0.2) is 24.3 Å². The maximum absolute atomic E-state index is 13.2. The van der Waals surface area contributed by atoms with Gasteiger partial charge in [-0.25, -0.2) is 4.39 Å². The summed E-state index contributed by atoms with van der Waals surface area (Å²) in [7, 11) is 0. The highest BCUT2D eigenvalue weighted by atomic mass is 19.1. The number of halogens is 1. The maximum atomic E-state index is 13.2. The van der Waals surface area contributed by atoms with E-state index >= 15 is 0 Å².